The smallest absolute Gasteiger partial charge is 0.311 e. The van der Waals surface area contributed by atoms with Crippen LogP contribution in [0.5, 0.6) is 0 Å². The highest BCUT2D eigenvalue weighted by Crippen LogP contribution is 2.23. The van der Waals surface area contributed by atoms with Crippen molar-refractivity contribution in [2.24, 2.45) is 11.3 Å². The Hall–Kier alpha value is -0.570. The average Bonchev–Trinajstić information content (AvgIpc) is 2.25. The van der Waals surface area contributed by atoms with Gasteiger partial charge in [0.2, 0.25) is 0 Å². The van der Waals surface area contributed by atoms with Crippen molar-refractivity contribution in [3.63, 3.8) is 0 Å². The van der Waals surface area contributed by atoms with Gasteiger partial charge in [-0.2, -0.15) is 0 Å². The van der Waals surface area contributed by atoms with Crippen molar-refractivity contribution in [3.8, 4) is 0 Å². The van der Waals surface area contributed by atoms with Gasteiger partial charge < -0.3 is 9.47 Å². The summed E-state index contributed by atoms with van der Waals surface area (Å²) < 4.78 is 11.3. The van der Waals surface area contributed by atoms with Crippen LogP contribution in [0.3, 0.4) is 0 Å². The van der Waals surface area contributed by atoms with E-state index in [0.717, 1.165) is 6.42 Å². The predicted molar refractivity (Wildman–Crippen MR) is 74.5 cm³/mol. The highest BCUT2D eigenvalue weighted by molar-refractivity contribution is 5.75. The van der Waals surface area contributed by atoms with Crippen molar-refractivity contribution in [1.82, 2.24) is 0 Å². The first-order chi connectivity index (χ1) is 8.02. The van der Waals surface area contributed by atoms with Crippen molar-refractivity contribution < 1.29 is 14.3 Å². The molecule has 0 saturated carbocycles. The molecule has 3 heteroatoms. The van der Waals surface area contributed by atoms with Crippen LogP contribution in [-0.2, 0) is 14.3 Å². The number of rotatable bonds is 7. The van der Waals surface area contributed by atoms with Gasteiger partial charge in [0.25, 0.3) is 0 Å². The summed E-state index contributed by atoms with van der Waals surface area (Å²) >= 11 is 0. The largest absolute Gasteiger partial charge is 0.462 e. The van der Waals surface area contributed by atoms with Crippen molar-refractivity contribution in [2.75, 3.05) is 6.61 Å². The molecule has 0 amide bonds. The monoisotopic (exact) mass is 258 g/mol. The van der Waals surface area contributed by atoms with E-state index in [4.69, 9.17) is 9.47 Å². The van der Waals surface area contributed by atoms with Gasteiger partial charge in [0.1, 0.15) is 6.61 Å². The van der Waals surface area contributed by atoms with Gasteiger partial charge in [0.15, 0.2) is 0 Å². The topological polar surface area (TPSA) is 35.5 Å². The summed E-state index contributed by atoms with van der Waals surface area (Å²) in [5, 5.41) is 0. The maximum Gasteiger partial charge on any atom is 0.311 e. The van der Waals surface area contributed by atoms with E-state index < -0.39 is 11.0 Å². The second-order valence-corrected chi connectivity index (χ2v) is 6.64. The van der Waals surface area contributed by atoms with Crippen LogP contribution < -0.4 is 0 Å². The lowest BCUT2D eigenvalue weighted by Gasteiger charge is -2.31. The van der Waals surface area contributed by atoms with E-state index in [1.54, 1.807) is 0 Å². The molecule has 0 rings (SSSR count). The van der Waals surface area contributed by atoms with Gasteiger partial charge in [-0.1, -0.05) is 20.8 Å². The van der Waals surface area contributed by atoms with Gasteiger partial charge >= 0.3 is 5.97 Å². The molecule has 0 radical (unpaired) electrons. The molecule has 1 atom stereocenters. The van der Waals surface area contributed by atoms with Crippen molar-refractivity contribution in [3.05, 3.63) is 0 Å². The number of ether oxygens (including phenoxy) is 2. The second kappa shape index (κ2) is 6.55. The summed E-state index contributed by atoms with van der Waals surface area (Å²) in [5.41, 5.74) is -0.858. The van der Waals surface area contributed by atoms with E-state index in [-0.39, 0.29) is 12.1 Å². The maximum absolute atomic E-state index is 11.9. The fourth-order valence-electron chi connectivity index (χ4n) is 1.25. The van der Waals surface area contributed by atoms with Crippen LogP contribution in [0.2, 0.25) is 0 Å². The molecule has 0 heterocycles. The molecular weight excluding hydrogens is 228 g/mol. The molecule has 0 spiro atoms. The summed E-state index contributed by atoms with van der Waals surface area (Å²) in [7, 11) is 0. The molecule has 0 aromatic rings. The zero-order valence-electron chi connectivity index (χ0n) is 13.3. The minimum absolute atomic E-state index is 0.151. The third-order valence-corrected chi connectivity index (χ3v) is 3.43. The molecule has 0 aromatic heterocycles. The molecule has 0 bridgehead atoms. The third-order valence-electron chi connectivity index (χ3n) is 3.43. The Bertz CT molecular complexity index is 267. The van der Waals surface area contributed by atoms with Crippen molar-refractivity contribution >= 4 is 5.97 Å². The molecule has 0 aromatic carbocycles. The summed E-state index contributed by atoms with van der Waals surface area (Å²) in [6.45, 7) is 16.3. The van der Waals surface area contributed by atoms with E-state index in [2.05, 4.69) is 13.8 Å². The average molecular weight is 258 g/mol. The van der Waals surface area contributed by atoms with Crippen LogP contribution in [-0.4, -0.2) is 24.3 Å². The lowest BCUT2D eigenvalue weighted by molar-refractivity contribution is -0.168. The van der Waals surface area contributed by atoms with Crippen LogP contribution in [0.25, 0.3) is 0 Å². The molecule has 18 heavy (non-hydrogen) atoms. The molecule has 0 aliphatic carbocycles. The SMILES string of the molecule is CCC(C)(C)C(=O)OCC(C)(C)OC(C)C(C)C. The van der Waals surface area contributed by atoms with Gasteiger partial charge in [-0.05, 0) is 47.0 Å². The minimum atomic E-state index is -0.441. The molecule has 0 aliphatic heterocycles. The zero-order valence-corrected chi connectivity index (χ0v) is 13.3. The van der Waals surface area contributed by atoms with Crippen LogP contribution in [0, 0.1) is 11.3 Å². The molecular formula is C15H30O3. The van der Waals surface area contributed by atoms with Gasteiger partial charge in [0.05, 0.1) is 17.1 Å². The molecule has 0 fully saturated rings. The van der Waals surface area contributed by atoms with Crippen LogP contribution in [0.1, 0.15) is 61.8 Å². The lowest BCUT2D eigenvalue weighted by atomic mass is 9.90. The number of carbonyl (C=O) groups is 1. The first-order valence-corrected chi connectivity index (χ1v) is 6.87. The van der Waals surface area contributed by atoms with Crippen molar-refractivity contribution in [1.29, 1.82) is 0 Å². The Morgan fingerprint density at radius 2 is 1.61 bits per heavy atom. The molecule has 1 unspecified atom stereocenters. The van der Waals surface area contributed by atoms with Gasteiger partial charge in [0, 0.05) is 0 Å². The first-order valence-electron chi connectivity index (χ1n) is 6.87. The van der Waals surface area contributed by atoms with Gasteiger partial charge in [-0.3, -0.25) is 4.79 Å². The Morgan fingerprint density at radius 3 is 2.00 bits per heavy atom. The standard InChI is InChI=1S/C15H30O3/c1-9-14(5,6)13(16)17-10-15(7,8)18-12(4)11(2)3/h11-12H,9-10H2,1-8H3. The minimum Gasteiger partial charge on any atom is -0.462 e. The lowest BCUT2D eigenvalue weighted by Crippen LogP contribution is -2.38. The molecule has 0 saturated heterocycles. The van der Waals surface area contributed by atoms with E-state index in [1.165, 1.54) is 0 Å². The van der Waals surface area contributed by atoms with E-state index in [1.807, 2.05) is 41.5 Å². The van der Waals surface area contributed by atoms with E-state index in [0.29, 0.717) is 12.5 Å². The summed E-state index contributed by atoms with van der Waals surface area (Å²) in [6, 6.07) is 0. The van der Waals surface area contributed by atoms with Gasteiger partial charge in [-0.25, -0.2) is 0 Å². The first kappa shape index (κ1) is 17.4. The molecule has 0 N–H and O–H groups in total. The number of carbonyl (C=O) groups excluding carboxylic acids is 1. The maximum atomic E-state index is 11.9. The van der Waals surface area contributed by atoms with Crippen molar-refractivity contribution in [2.45, 2.75) is 73.5 Å². The van der Waals surface area contributed by atoms with E-state index >= 15 is 0 Å². The second-order valence-electron chi connectivity index (χ2n) is 6.64. The van der Waals surface area contributed by atoms with Gasteiger partial charge in [-0.15, -0.1) is 0 Å². The number of hydrogen-bond donors (Lipinski definition) is 0. The summed E-state index contributed by atoms with van der Waals surface area (Å²) in [4.78, 5) is 11.9. The number of hydrogen-bond acceptors (Lipinski definition) is 3. The Morgan fingerprint density at radius 1 is 1.11 bits per heavy atom. The zero-order chi connectivity index (χ0) is 14.6. The van der Waals surface area contributed by atoms with Crippen LogP contribution in [0.15, 0.2) is 0 Å². The Labute approximate surface area is 112 Å². The quantitative estimate of drug-likeness (QED) is 0.651. The third kappa shape index (κ3) is 5.85. The number of esters is 1. The molecule has 108 valence electrons. The van der Waals surface area contributed by atoms with E-state index in [9.17, 15) is 4.79 Å². The fraction of sp³-hybridized carbons (Fsp3) is 0.933. The van der Waals surface area contributed by atoms with Crippen LogP contribution >= 0.6 is 0 Å². The molecule has 3 nitrogen and oxygen atoms in total. The normalized spacial score (nSPS) is 14.7. The Balaban J connectivity index is 4.31. The highest BCUT2D eigenvalue weighted by atomic mass is 16.6. The highest BCUT2D eigenvalue weighted by Gasteiger charge is 2.30. The summed E-state index contributed by atoms with van der Waals surface area (Å²) in [6.07, 6.45) is 0.924. The van der Waals surface area contributed by atoms with Crippen LogP contribution in [0.4, 0.5) is 0 Å². The molecule has 0 aliphatic rings. The predicted octanol–water partition coefficient (Wildman–Crippen LogP) is 3.81. The Kier molecular flexibility index (Phi) is 6.35. The fourth-order valence-corrected chi connectivity index (χ4v) is 1.25. The summed E-state index contributed by atoms with van der Waals surface area (Å²) in [5.74, 6) is 0.297.